The van der Waals surface area contributed by atoms with E-state index in [9.17, 15) is 4.39 Å². The minimum Gasteiger partial charge on any atom is -0.388 e. The topological polar surface area (TPSA) is 72.1 Å². The summed E-state index contributed by atoms with van der Waals surface area (Å²) in [6.07, 6.45) is 4.66. The van der Waals surface area contributed by atoms with Gasteiger partial charge in [-0.25, -0.2) is 14.4 Å². The van der Waals surface area contributed by atoms with Gasteiger partial charge >= 0.3 is 0 Å². The summed E-state index contributed by atoms with van der Waals surface area (Å²) >= 11 is 0. The van der Waals surface area contributed by atoms with Crippen LogP contribution in [-0.4, -0.2) is 36.7 Å². The minimum atomic E-state index is -0.211. The third-order valence-electron chi connectivity index (χ3n) is 5.95. The zero-order valence-corrected chi connectivity index (χ0v) is 18.7. The molecule has 1 aliphatic rings. The van der Waals surface area contributed by atoms with Crippen LogP contribution in [0.4, 0.5) is 10.2 Å². The summed E-state index contributed by atoms with van der Waals surface area (Å²) in [5, 5.41) is 11.6. The molecule has 5 rings (SSSR count). The molecule has 166 valence electrons. The van der Waals surface area contributed by atoms with Gasteiger partial charge in [-0.2, -0.15) is 9.61 Å². The lowest BCUT2D eigenvalue weighted by Gasteiger charge is -2.13. The van der Waals surface area contributed by atoms with Gasteiger partial charge in [0.25, 0.3) is 0 Å². The van der Waals surface area contributed by atoms with E-state index in [1.165, 1.54) is 6.07 Å². The van der Waals surface area contributed by atoms with Crippen LogP contribution >= 0.6 is 0 Å². The smallest absolute Gasteiger partial charge is 0.167 e. The van der Waals surface area contributed by atoms with Crippen LogP contribution in [0.1, 0.15) is 32.3 Å². The lowest BCUT2D eigenvalue weighted by atomic mass is 10.0. The highest BCUT2D eigenvalue weighted by atomic mass is 19.1. The fourth-order valence-corrected chi connectivity index (χ4v) is 3.77. The number of rotatable bonds is 8. The maximum Gasteiger partial charge on any atom is 0.167 e. The van der Waals surface area contributed by atoms with Crippen molar-refractivity contribution >= 4 is 22.6 Å². The van der Waals surface area contributed by atoms with Gasteiger partial charge in [-0.05, 0) is 48.9 Å². The summed E-state index contributed by atoms with van der Waals surface area (Å²) in [6, 6.07) is 7.57. The van der Waals surface area contributed by atoms with E-state index in [4.69, 9.17) is 10.1 Å². The van der Waals surface area contributed by atoms with Gasteiger partial charge in [-0.3, -0.25) is 0 Å². The van der Waals surface area contributed by atoms with Crippen LogP contribution in [0.5, 0.6) is 0 Å². The minimum absolute atomic E-state index is 0.211. The number of imidazole rings is 1. The normalized spacial score (nSPS) is 13.9. The molecule has 0 radical (unpaired) electrons. The van der Waals surface area contributed by atoms with Gasteiger partial charge < -0.3 is 15.2 Å². The maximum atomic E-state index is 14.5. The number of aryl methyl sites for hydroxylation is 1. The number of halogens is 1. The highest BCUT2D eigenvalue weighted by Crippen LogP contribution is 2.30. The number of hydrogen-bond donors (Lipinski definition) is 2. The van der Waals surface area contributed by atoms with Crippen LogP contribution in [0.2, 0.25) is 0 Å². The number of aromatic nitrogens is 5. The largest absolute Gasteiger partial charge is 0.388 e. The highest BCUT2D eigenvalue weighted by molar-refractivity contribution is 5.86. The molecule has 3 heterocycles. The summed E-state index contributed by atoms with van der Waals surface area (Å²) < 4.78 is 18.2. The molecule has 0 unspecified atom stereocenters. The van der Waals surface area contributed by atoms with E-state index in [0.29, 0.717) is 30.5 Å². The van der Waals surface area contributed by atoms with E-state index >= 15 is 0 Å². The lowest BCUT2D eigenvalue weighted by Crippen LogP contribution is -2.19. The Hall–Kier alpha value is -3.42. The molecule has 0 bridgehead atoms. The number of nitrogens with one attached hydrogen (secondary N) is 2. The van der Waals surface area contributed by atoms with Gasteiger partial charge in [-0.1, -0.05) is 20.4 Å². The van der Waals surface area contributed by atoms with Crippen molar-refractivity contribution in [1.82, 2.24) is 29.5 Å². The third-order valence-corrected chi connectivity index (χ3v) is 5.95. The number of hydrogen-bond acceptors (Lipinski definition) is 5. The summed E-state index contributed by atoms with van der Waals surface area (Å²) in [5.74, 6) is 0.927. The third kappa shape index (κ3) is 3.81. The SMILES string of the molecule is C=C(NCCc1cc(-c2cc3nc(NC4CC4)c4ncn(C)c4n3n2)ccc1F)C(C)C. The van der Waals surface area contributed by atoms with Crippen LogP contribution in [0.3, 0.4) is 0 Å². The van der Waals surface area contributed by atoms with Gasteiger partial charge in [-0.15, -0.1) is 0 Å². The van der Waals surface area contributed by atoms with Crippen LogP contribution in [0, 0.1) is 11.7 Å². The second-order valence-electron chi connectivity index (χ2n) is 8.87. The molecule has 0 saturated heterocycles. The number of anilines is 1. The van der Waals surface area contributed by atoms with Gasteiger partial charge in [0.2, 0.25) is 0 Å². The Bertz CT molecular complexity index is 1310. The molecule has 0 amide bonds. The molecule has 1 aliphatic carbocycles. The monoisotopic (exact) mass is 433 g/mol. The van der Waals surface area contributed by atoms with Gasteiger partial charge in [0.15, 0.2) is 22.6 Å². The number of nitrogens with zero attached hydrogens (tertiary/aromatic N) is 5. The molecule has 3 aromatic heterocycles. The Morgan fingerprint density at radius 1 is 1.28 bits per heavy atom. The first-order chi connectivity index (χ1) is 15.4. The molecular weight excluding hydrogens is 405 g/mol. The van der Waals surface area contributed by atoms with E-state index in [2.05, 4.69) is 36.0 Å². The number of allylic oxidation sites excluding steroid dienone is 1. The van der Waals surface area contributed by atoms with Crippen LogP contribution in [-0.2, 0) is 13.5 Å². The van der Waals surface area contributed by atoms with Crippen LogP contribution in [0.15, 0.2) is 42.9 Å². The second kappa shape index (κ2) is 7.93. The Morgan fingerprint density at radius 3 is 2.84 bits per heavy atom. The molecule has 7 nitrogen and oxygen atoms in total. The Morgan fingerprint density at radius 2 is 2.09 bits per heavy atom. The van der Waals surface area contributed by atoms with Crippen molar-refractivity contribution in [2.75, 3.05) is 11.9 Å². The fraction of sp³-hybridized carbons (Fsp3) is 0.375. The first-order valence-electron chi connectivity index (χ1n) is 11.1. The molecule has 1 saturated carbocycles. The second-order valence-corrected chi connectivity index (χ2v) is 8.87. The van der Waals surface area contributed by atoms with Crippen LogP contribution in [0.25, 0.3) is 28.1 Å². The molecule has 2 N–H and O–H groups in total. The summed E-state index contributed by atoms with van der Waals surface area (Å²) in [5.41, 5.74) is 5.65. The average Bonchev–Trinajstić information content (AvgIpc) is 3.34. The lowest BCUT2D eigenvalue weighted by molar-refractivity contribution is 0.598. The summed E-state index contributed by atoms with van der Waals surface area (Å²) in [6.45, 7) is 8.82. The summed E-state index contributed by atoms with van der Waals surface area (Å²) in [7, 11) is 1.95. The highest BCUT2D eigenvalue weighted by Gasteiger charge is 2.24. The van der Waals surface area contributed by atoms with Crippen molar-refractivity contribution in [3.63, 3.8) is 0 Å². The molecule has 0 atom stereocenters. The quantitative estimate of drug-likeness (QED) is 0.434. The zero-order chi connectivity index (χ0) is 22.4. The van der Waals surface area contributed by atoms with Crippen molar-refractivity contribution in [2.24, 2.45) is 13.0 Å². The predicted molar refractivity (Wildman–Crippen MR) is 125 cm³/mol. The van der Waals surface area contributed by atoms with Gasteiger partial charge in [0.05, 0.1) is 12.0 Å². The van der Waals surface area contributed by atoms with E-state index in [-0.39, 0.29) is 5.82 Å². The molecule has 32 heavy (non-hydrogen) atoms. The standard InChI is InChI=1S/C24H28FN7/c1-14(2)15(3)26-10-9-16-11-17(5-8-19(16)25)20-12-21-29-23(28-18-6-7-18)22-24(32(21)30-20)31(4)13-27-22/h5,8,11-14,18,26H,3,6-7,9-10H2,1-2,4H3,(H,28,29). The van der Waals surface area contributed by atoms with Crippen molar-refractivity contribution in [3.8, 4) is 11.3 Å². The molecule has 0 aliphatic heterocycles. The van der Waals surface area contributed by atoms with E-state index in [1.54, 1.807) is 12.4 Å². The van der Waals surface area contributed by atoms with Crippen molar-refractivity contribution in [1.29, 1.82) is 0 Å². The Kier molecular flexibility index (Phi) is 5.07. The Labute approximate surface area is 186 Å². The molecule has 4 aromatic rings. The molecule has 1 fully saturated rings. The van der Waals surface area contributed by atoms with Crippen molar-refractivity contribution in [2.45, 2.75) is 39.2 Å². The maximum absolute atomic E-state index is 14.5. The average molecular weight is 434 g/mol. The zero-order valence-electron chi connectivity index (χ0n) is 18.7. The van der Waals surface area contributed by atoms with Gasteiger partial charge in [0.1, 0.15) is 5.82 Å². The van der Waals surface area contributed by atoms with E-state index in [0.717, 1.165) is 52.4 Å². The van der Waals surface area contributed by atoms with Gasteiger partial charge in [0, 0.05) is 37.0 Å². The van der Waals surface area contributed by atoms with E-state index < -0.39 is 0 Å². The summed E-state index contributed by atoms with van der Waals surface area (Å²) in [4.78, 5) is 9.32. The first-order valence-corrected chi connectivity index (χ1v) is 11.1. The molecule has 1 aromatic carbocycles. The number of benzene rings is 1. The molecular formula is C24H28FN7. The van der Waals surface area contributed by atoms with Crippen LogP contribution < -0.4 is 10.6 Å². The Balaban J connectivity index is 1.49. The first kappa shape index (κ1) is 20.5. The predicted octanol–water partition coefficient (Wildman–Crippen LogP) is 4.30. The van der Waals surface area contributed by atoms with E-state index in [1.807, 2.05) is 28.3 Å². The number of fused-ring (bicyclic) bond motifs is 3. The molecule has 8 heteroatoms. The van der Waals surface area contributed by atoms with Crippen molar-refractivity contribution < 1.29 is 4.39 Å². The molecule has 0 spiro atoms. The fourth-order valence-electron chi connectivity index (χ4n) is 3.77. The van der Waals surface area contributed by atoms with Crippen molar-refractivity contribution in [3.05, 3.63) is 54.2 Å².